The molecule has 0 amide bonds. The maximum atomic E-state index is 6.86. The molecule has 7 heavy (non-hydrogen) atoms. The van der Waals surface area contributed by atoms with E-state index in [0.717, 1.165) is 0 Å². The minimum absolute atomic E-state index is 0.134. The monoisotopic (exact) mass is 96.0 g/mol. The summed E-state index contributed by atoms with van der Waals surface area (Å²) in [5.41, 5.74) is 6.86. The van der Waals surface area contributed by atoms with Crippen molar-refractivity contribution >= 4 is 17.7 Å². The quantitative estimate of drug-likeness (QED) is 0.523. The van der Waals surface area contributed by atoms with E-state index in [1.807, 2.05) is 0 Å². The number of nitrogens with zero attached hydrogens (tertiary/aromatic N) is 1. The largest absolute Gasteiger partial charge is 0.403 e. The van der Waals surface area contributed by atoms with Crippen molar-refractivity contribution in [1.29, 1.82) is 0 Å². The van der Waals surface area contributed by atoms with Gasteiger partial charge in [-0.15, -0.1) is 0 Å². The molecule has 1 aromatic rings. The van der Waals surface area contributed by atoms with Crippen molar-refractivity contribution in [2.75, 3.05) is 5.32 Å². The Kier molecular flexibility index (Phi) is 0.247. The fourth-order valence-electron chi connectivity index (χ4n) is 0.507. The third-order valence-corrected chi connectivity index (χ3v) is 0.852. The molecule has 3 rings (SSSR count). The van der Waals surface area contributed by atoms with Crippen LogP contribution in [0, 0.1) is 0 Å². The highest BCUT2D eigenvalue weighted by molar-refractivity contribution is 5.69. The van der Waals surface area contributed by atoms with Gasteiger partial charge >= 0.3 is 6.01 Å². The summed E-state index contributed by atoms with van der Waals surface area (Å²) in [5.74, 6) is 0.685. The lowest BCUT2D eigenvalue weighted by molar-refractivity contribution is 0.593. The van der Waals surface area contributed by atoms with Gasteiger partial charge in [-0.1, -0.05) is 0 Å². The number of hydrogen-bond donors (Lipinski definition) is 1. The van der Waals surface area contributed by atoms with Crippen LogP contribution in [0.5, 0.6) is 0 Å². The number of anilines is 2. The average Bonchev–Trinajstić information content (AvgIpc) is 1.85. The average molecular weight is 96.1 g/mol. The topological polar surface area (TPSA) is 61.9 Å². The predicted molar refractivity (Wildman–Crippen MR) is 22.5 cm³/mol. The number of nitrogens with one attached hydrogen (secondary N) is 2. The van der Waals surface area contributed by atoms with E-state index in [4.69, 9.17) is 5.73 Å². The predicted octanol–water partition coefficient (Wildman–Crippen LogP) is 0.646. The van der Waals surface area contributed by atoms with E-state index in [1.54, 1.807) is 0 Å². The minimum Gasteiger partial charge on any atom is -0.403 e. The maximum absolute atomic E-state index is 6.86. The minimum atomic E-state index is 0.134. The second kappa shape index (κ2) is 0.598. The van der Waals surface area contributed by atoms with Gasteiger partial charge in [-0.05, 0) is 0 Å². The van der Waals surface area contributed by atoms with E-state index >= 15 is 0 Å². The van der Waals surface area contributed by atoms with Gasteiger partial charge in [0.25, 0.3) is 5.88 Å². The molecular formula is C3H2N3O. The fraction of sp³-hybridized carbons (Fsp3) is 0. The highest BCUT2D eigenvalue weighted by Crippen LogP contribution is 2.34. The van der Waals surface area contributed by atoms with Gasteiger partial charge in [0.2, 0.25) is 5.82 Å². The molecule has 2 N–H and O–H groups in total. The lowest BCUT2D eigenvalue weighted by atomic mass is 10.6. The zero-order valence-corrected chi connectivity index (χ0v) is 3.36. The number of rotatable bonds is 0. The van der Waals surface area contributed by atoms with Crippen molar-refractivity contribution < 1.29 is 4.42 Å². The van der Waals surface area contributed by atoms with Crippen LogP contribution in [-0.2, 0) is 0 Å². The van der Waals surface area contributed by atoms with Gasteiger partial charge in [0.05, 0.1) is 0 Å². The Labute approximate surface area is 39.3 Å². The molecule has 0 atom stereocenters. The molecule has 0 aliphatic carbocycles. The van der Waals surface area contributed by atoms with Gasteiger partial charge in [-0.3, -0.25) is 11.1 Å². The van der Waals surface area contributed by atoms with Gasteiger partial charge in [-0.2, -0.15) is 4.98 Å². The van der Waals surface area contributed by atoms with Crippen molar-refractivity contribution in [3.05, 3.63) is 0 Å². The number of aromatic nitrogens is 1. The maximum Gasteiger partial charge on any atom is 0.304 e. The SMILES string of the molecule is [NH]c1oc2nc1N2. The molecule has 2 bridgehead atoms. The fourth-order valence-corrected chi connectivity index (χ4v) is 0.507. The summed E-state index contributed by atoms with van der Waals surface area (Å²) in [6.45, 7) is 0. The molecule has 35 valence electrons. The van der Waals surface area contributed by atoms with Crippen LogP contribution in [0.4, 0.5) is 17.7 Å². The standard InChI is InChI=1S/C3H2N3O/c4-1-2-5-3(6-2)7-1/h4H,(H,5,6). The van der Waals surface area contributed by atoms with E-state index in [1.165, 1.54) is 0 Å². The second-order valence-corrected chi connectivity index (χ2v) is 1.32. The molecular weight excluding hydrogens is 94.1 g/mol. The van der Waals surface area contributed by atoms with E-state index in [0.29, 0.717) is 11.8 Å². The van der Waals surface area contributed by atoms with Crippen molar-refractivity contribution in [1.82, 2.24) is 10.7 Å². The van der Waals surface area contributed by atoms with Crippen molar-refractivity contribution in [2.24, 2.45) is 0 Å². The highest BCUT2D eigenvalue weighted by atomic mass is 16.4. The first-order valence-electron chi connectivity index (χ1n) is 1.86. The Morgan fingerprint density at radius 1 is 1.71 bits per heavy atom. The second-order valence-electron chi connectivity index (χ2n) is 1.32. The van der Waals surface area contributed by atoms with Crippen molar-refractivity contribution in [3.8, 4) is 0 Å². The van der Waals surface area contributed by atoms with Gasteiger partial charge in [-0.25, -0.2) is 0 Å². The molecule has 4 nitrogen and oxygen atoms in total. The van der Waals surface area contributed by atoms with Crippen LogP contribution in [0.2, 0.25) is 0 Å². The highest BCUT2D eigenvalue weighted by Gasteiger charge is 2.20. The molecule has 4 heteroatoms. The van der Waals surface area contributed by atoms with Crippen LogP contribution in [0.15, 0.2) is 4.42 Å². The third-order valence-electron chi connectivity index (χ3n) is 0.852. The number of hydrogen-bond acceptors (Lipinski definition) is 3. The first-order chi connectivity index (χ1) is 3.36. The van der Waals surface area contributed by atoms with Gasteiger partial charge in [0.1, 0.15) is 0 Å². The first-order valence-corrected chi connectivity index (χ1v) is 1.86. The van der Waals surface area contributed by atoms with Crippen LogP contribution in [0.3, 0.4) is 0 Å². The van der Waals surface area contributed by atoms with Crippen molar-refractivity contribution in [3.63, 3.8) is 0 Å². The number of fused-ring (bicyclic) bond motifs is 1. The molecule has 0 aromatic carbocycles. The molecule has 1 radical (unpaired) electrons. The Morgan fingerprint density at radius 3 is 2.57 bits per heavy atom. The Bertz CT molecular complexity index is 204. The molecule has 2 aliphatic rings. The van der Waals surface area contributed by atoms with E-state index < -0.39 is 0 Å². The summed E-state index contributed by atoms with van der Waals surface area (Å²) in [4.78, 5) is 3.69. The zero-order valence-electron chi connectivity index (χ0n) is 3.36. The van der Waals surface area contributed by atoms with Crippen LogP contribution < -0.4 is 11.1 Å². The summed E-state index contributed by atoms with van der Waals surface area (Å²) < 4.78 is 4.62. The van der Waals surface area contributed by atoms with E-state index in [2.05, 4.69) is 14.7 Å². The Morgan fingerprint density at radius 2 is 2.43 bits per heavy atom. The van der Waals surface area contributed by atoms with E-state index in [-0.39, 0.29) is 5.88 Å². The van der Waals surface area contributed by atoms with Gasteiger partial charge in [0, 0.05) is 0 Å². The molecule has 1 aromatic heterocycles. The van der Waals surface area contributed by atoms with Crippen LogP contribution in [0.25, 0.3) is 0 Å². The molecule has 0 saturated carbocycles. The third kappa shape index (κ3) is 0.173. The summed E-state index contributed by atoms with van der Waals surface area (Å²) >= 11 is 0. The Balaban J connectivity index is 2.81. The molecule has 0 unspecified atom stereocenters. The first kappa shape index (κ1) is 2.90. The van der Waals surface area contributed by atoms with Crippen molar-refractivity contribution in [2.45, 2.75) is 0 Å². The normalized spacial score (nSPS) is 12.6. The van der Waals surface area contributed by atoms with E-state index in [9.17, 15) is 0 Å². The summed E-state index contributed by atoms with van der Waals surface area (Å²) in [6, 6.07) is 0.458. The van der Waals surface area contributed by atoms with Gasteiger partial charge < -0.3 is 4.42 Å². The molecule has 2 aliphatic heterocycles. The summed E-state index contributed by atoms with van der Waals surface area (Å²) in [7, 11) is 0. The molecule has 0 fully saturated rings. The van der Waals surface area contributed by atoms with Crippen LogP contribution >= 0.6 is 0 Å². The molecule has 0 spiro atoms. The lowest BCUT2D eigenvalue weighted by Crippen LogP contribution is -1.97. The molecule has 3 heterocycles. The summed E-state index contributed by atoms with van der Waals surface area (Å²) in [6.07, 6.45) is 0. The lowest BCUT2D eigenvalue weighted by Gasteiger charge is -1.96. The summed E-state index contributed by atoms with van der Waals surface area (Å²) in [5, 5.41) is 2.69. The smallest absolute Gasteiger partial charge is 0.304 e. The zero-order chi connectivity index (χ0) is 4.85. The van der Waals surface area contributed by atoms with Crippen LogP contribution in [-0.4, -0.2) is 4.98 Å². The van der Waals surface area contributed by atoms with Gasteiger partial charge in [0.15, 0.2) is 0 Å². The number of oxazole rings is 1. The van der Waals surface area contributed by atoms with Crippen LogP contribution in [0.1, 0.15) is 0 Å². The molecule has 0 saturated heterocycles. The Hall–Kier alpha value is -1.19.